The molecule has 2 aliphatic heterocycles. The largest absolute Gasteiger partial charge is 0.381 e. The van der Waals surface area contributed by atoms with Crippen molar-refractivity contribution >= 4 is 34.9 Å². The number of benzene rings is 2. The molecule has 4 N–H and O–H groups in total. The second-order valence-electron chi connectivity index (χ2n) is 8.72. The highest BCUT2D eigenvalue weighted by atomic mass is 32.2. The smallest absolute Gasteiger partial charge is 0.250 e. The van der Waals surface area contributed by atoms with Gasteiger partial charge in [-0.15, -0.1) is 0 Å². The molecule has 2 aliphatic rings. The molecule has 1 fully saturated rings. The first-order chi connectivity index (χ1) is 16.5. The summed E-state index contributed by atoms with van der Waals surface area (Å²) in [6.07, 6.45) is 0.939. The van der Waals surface area contributed by atoms with Gasteiger partial charge >= 0.3 is 0 Å². The zero-order valence-electron chi connectivity index (χ0n) is 19.5. The maximum absolute atomic E-state index is 12.5. The fourth-order valence-electron chi connectivity index (χ4n) is 4.31. The molecule has 2 atom stereocenters. The van der Waals surface area contributed by atoms with E-state index < -0.39 is 0 Å². The Morgan fingerprint density at radius 1 is 1.09 bits per heavy atom. The van der Waals surface area contributed by atoms with Crippen molar-refractivity contribution in [2.45, 2.75) is 51.9 Å². The Kier molecular flexibility index (Phi) is 6.92. The van der Waals surface area contributed by atoms with Crippen molar-refractivity contribution in [1.82, 2.24) is 4.98 Å². The number of nitrogens with two attached hydrogens (primary N) is 1. The van der Waals surface area contributed by atoms with Crippen LogP contribution in [0.2, 0.25) is 0 Å². The van der Waals surface area contributed by atoms with E-state index in [9.17, 15) is 4.79 Å². The number of aromatic nitrogens is 1. The minimum Gasteiger partial charge on any atom is -0.381 e. The molecule has 178 valence electrons. The van der Waals surface area contributed by atoms with E-state index in [1.54, 1.807) is 29.6 Å². The molecule has 2 aromatic carbocycles. The Labute approximate surface area is 208 Å². The average molecular weight is 495 g/mol. The summed E-state index contributed by atoms with van der Waals surface area (Å²) >= 11 is 3.53. The molecule has 0 aliphatic carbocycles. The lowest BCUT2D eigenvalue weighted by Crippen LogP contribution is -2.37. The number of hydrogen-bond acceptors (Lipinski definition) is 7. The first-order valence-corrected chi connectivity index (χ1v) is 13.4. The lowest BCUT2D eigenvalue weighted by atomic mass is 10.1. The van der Waals surface area contributed by atoms with Gasteiger partial charge in [-0.3, -0.25) is 4.79 Å². The maximum atomic E-state index is 12.5. The number of H-pyrrole nitrogens is 1. The first-order valence-electron chi connectivity index (χ1n) is 11.7. The van der Waals surface area contributed by atoms with Crippen LogP contribution in [0.1, 0.15) is 20.3 Å². The van der Waals surface area contributed by atoms with Gasteiger partial charge in [-0.25, -0.2) is 0 Å². The number of rotatable bonds is 6. The fraction of sp³-hybridized carbons (Fsp3) is 0.346. The number of ether oxygens (including phenoxy) is 1. The minimum atomic E-state index is -0.0828. The van der Waals surface area contributed by atoms with Crippen LogP contribution in [0.3, 0.4) is 0 Å². The van der Waals surface area contributed by atoms with Crippen molar-refractivity contribution < 1.29 is 4.74 Å². The molecule has 0 bridgehead atoms. The van der Waals surface area contributed by atoms with Crippen LogP contribution >= 0.6 is 23.5 Å². The molecule has 3 aromatic rings. The van der Waals surface area contributed by atoms with E-state index in [0.717, 1.165) is 42.1 Å². The lowest BCUT2D eigenvalue weighted by Gasteiger charge is -2.29. The summed E-state index contributed by atoms with van der Waals surface area (Å²) in [4.78, 5) is 22.7. The van der Waals surface area contributed by atoms with Crippen molar-refractivity contribution in [3.8, 4) is 11.3 Å². The molecule has 0 amide bonds. The quantitative estimate of drug-likeness (QED) is 0.347. The summed E-state index contributed by atoms with van der Waals surface area (Å²) in [5, 5.41) is 3.55. The zero-order chi connectivity index (χ0) is 23.7. The van der Waals surface area contributed by atoms with Crippen LogP contribution in [-0.4, -0.2) is 43.4 Å². The second kappa shape index (κ2) is 10.1. The summed E-state index contributed by atoms with van der Waals surface area (Å²) in [5.41, 5.74) is 10.1. The van der Waals surface area contributed by atoms with Gasteiger partial charge in [-0.2, -0.15) is 0 Å². The Balaban J connectivity index is 1.44. The van der Waals surface area contributed by atoms with Crippen LogP contribution < -0.4 is 21.5 Å². The molecule has 8 heteroatoms. The molecule has 1 aromatic heterocycles. The third-order valence-electron chi connectivity index (χ3n) is 6.36. The summed E-state index contributed by atoms with van der Waals surface area (Å²) in [6.45, 7) is 7.21. The van der Waals surface area contributed by atoms with Crippen molar-refractivity contribution in [3.63, 3.8) is 0 Å². The molecule has 0 saturated carbocycles. The number of nitrogens with one attached hydrogen (secondary N) is 2. The van der Waals surface area contributed by atoms with Crippen LogP contribution in [0.25, 0.3) is 11.3 Å². The first kappa shape index (κ1) is 23.4. The highest BCUT2D eigenvalue weighted by Crippen LogP contribution is 2.52. The van der Waals surface area contributed by atoms with Gasteiger partial charge in [0.15, 0.2) is 0 Å². The predicted molar refractivity (Wildman–Crippen MR) is 142 cm³/mol. The summed E-state index contributed by atoms with van der Waals surface area (Å²) in [7, 11) is 0. The molecular formula is C26H30N4O2S2. The van der Waals surface area contributed by atoms with Gasteiger partial charge < -0.3 is 25.7 Å². The zero-order valence-corrected chi connectivity index (χ0v) is 21.1. The molecule has 1 saturated heterocycles. The lowest BCUT2D eigenvalue weighted by molar-refractivity contribution is 0.122. The Bertz CT molecular complexity index is 1240. The number of aromatic amines is 1. The SMILES string of the molecule is CC[C@H](N)C(C)Nc1ccc2c(c1)Sc1cccc(-c3cc(N4CCOCC4)cc(=O)[nH]3)c1S2. The van der Waals surface area contributed by atoms with E-state index in [1.165, 1.54) is 19.6 Å². The molecule has 5 rings (SSSR count). The van der Waals surface area contributed by atoms with Crippen molar-refractivity contribution in [2.75, 3.05) is 36.5 Å². The van der Waals surface area contributed by atoms with Crippen molar-refractivity contribution in [2.24, 2.45) is 5.73 Å². The van der Waals surface area contributed by atoms with Gasteiger partial charge in [0.2, 0.25) is 5.56 Å². The van der Waals surface area contributed by atoms with Crippen molar-refractivity contribution in [3.05, 3.63) is 58.9 Å². The Morgan fingerprint density at radius 2 is 1.91 bits per heavy atom. The van der Waals surface area contributed by atoms with Crippen LogP contribution in [-0.2, 0) is 4.74 Å². The van der Waals surface area contributed by atoms with Gasteiger partial charge in [0.05, 0.1) is 18.9 Å². The van der Waals surface area contributed by atoms with E-state index >= 15 is 0 Å². The topological polar surface area (TPSA) is 83.4 Å². The highest BCUT2D eigenvalue weighted by molar-refractivity contribution is 8.05. The van der Waals surface area contributed by atoms with Crippen LogP contribution in [0.15, 0.2) is 72.9 Å². The monoisotopic (exact) mass is 494 g/mol. The number of nitrogens with zero attached hydrogens (tertiary/aromatic N) is 1. The number of fused-ring (bicyclic) bond motifs is 2. The Hall–Kier alpha value is -2.39. The number of anilines is 2. The summed E-state index contributed by atoms with van der Waals surface area (Å²) in [5.74, 6) is 0. The molecular weight excluding hydrogens is 464 g/mol. The van der Waals surface area contributed by atoms with Crippen LogP contribution in [0.5, 0.6) is 0 Å². The van der Waals surface area contributed by atoms with Gasteiger partial charge in [0, 0.05) is 67.8 Å². The molecule has 1 unspecified atom stereocenters. The van der Waals surface area contributed by atoms with Crippen LogP contribution in [0.4, 0.5) is 11.4 Å². The third kappa shape index (κ3) is 4.86. The standard InChI is InChI=1S/C26H30N4O2S2/c1-3-20(27)16(2)28-17-7-8-22-24(13-17)33-23-6-4-5-19(26(23)34-22)21-14-18(15-25(31)29-21)30-9-11-32-12-10-30/h4-8,13-16,20,28H,3,9-12,27H2,1-2H3,(H,29,31)/t16?,20-/m0/s1. The third-order valence-corrected chi connectivity index (χ3v) is 8.95. The number of morpholine rings is 1. The maximum Gasteiger partial charge on any atom is 0.250 e. The second-order valence-corrected chi connectivity index (χ2v) is 10.9. The van der Waals surface area contributed by atoms with E-state index in [2.05, 4.69) is 71.5 Å². The van der Waals surface area contributed by atoms with Crippen molar-refractivity contribution in [1.29, 1.82) is 0 Å². The van der Waals surface area contributed by atoms with E-state index in [1.807, 2.05) is 0 Å². The van der Waals surface area contributed by atoms with Gasteiger partial charge in [0.1, 0.15) is 0 Å². The van der Waals surface area contributed by atoms with E-state index in [4.69, 9.17) is 10.5 Å². The highest BCUT2D eigenvalue weighted by Gasteiger charge is 2.22. The normalized spacial score (nSPS) is 17.0. The molecule has 6 nitrogen and oxygen atoms in total. The fourth-order valence-corrected chi connectivity index (χ4v) is 6.72. The molecule has 0 spiro atoms. The summed E-state index contributed by atoms with van der Waals surface area (Å²) in [6, 6.07) is 16.9. The minimum absolute atomic E-state index is 0.0828. The summed E-state index contributed by atoms with van der Waals surface area (Å²) < 4.78 is 5.48. The Morgan fingerprint density at radius 3 is 2.71 bits per heavy atom. The molecule has 3 heterocycles. The van der Waals surface area contributed by atoms with E-state index in [0.29, 0.717) is 13.2 Å². The molecule has 0 radical (unpaired) electrons. The predicted octanol–water partition coefficient (Wildman–Crippen LogP) is 5.03. The average Bonchev–Trinajstić information content (AvgIpc) is 2.86. The van der Waals surface area contributed by atoms with Gasteiger partial charge in [0.25, 0.3) is 0 Å². The van der Waals surface area contributed by atoms with Gasteiger partial charge in [-0.1, -0.05) is 42.6 Å². The van der Waals surface area contributed by atoms with Gasteiger partial charge in [-0.05, 0) is 43.7 Å². The van der Waals surface area contributed by atoms with Crippen LogP contribution in [0, 0.1) is 0 Å². The number of pyridine rings is 1. The molecule has 34 heavy (non-hydrogen) atoms. The number of hydrogen-bond donors (Lipinski definition) is 3. The van der Waals surface area contributed by atoms with E-state index in [-0.39, 0.29) is 17.6 Å².